The Morgan fingerprint density at radius 1 is 1.35 bits per heavy atom. The summed E-state index contributed by atoms with van der Waals surface area (Å²) in [5, 5.41) is 7.05. The molecule has 23 heavy (non-hydrogen) atoms. The number of aryl methyl sites for hydroxylation is 1. The van der Waals surface area contributed by atoms with Crippen molar-refractivity contribution < 1.29 is 9.53 Å². The molecule has 1 aliphatic rings. The molecule has 1 amide bonds. The lowest BCUT2D eigenvalue weighted by Gasteiger charge is -2.31. The third-order valence-electron chi connectivity index (χ3n) is 4.71. The van der Waals surface area contributed by atoms with E-state index in [0.29, 0.717) is 28.4 Å². The molecule has 0 spiro atoms. The van der Waals surface area contributed by atoms with Crippen molar-refractivity contribution in [2.24, 2.45) is 5.92 Å². The minimum atomic E-state index is -0.249. The van der Waals surface area contributed by atoms with E-state index in [9.17, 15) is 4.79 Å². The first-order valence-electron chi connectivity index (χ1n) is 8.33. The molecule has 1 aromatic rings. The highest BCUT2D eigenvalue weighted by Gasteiger charge is 2.25. The number of nitrogens with one attached hydrogen (secondary N) is 2. The van der Waals surface area contributed by atoms with Crippen molar-refractivity contribution >= 4 is 23.2 Å². The van der Waals surface area contributed by atoms with Gasteiger partial charge in [0.1, 0.15) is 5.75 Å². The molecule has 0 radical (unpaired) electrons. The van der Waals surface area contributed by atoms with Gasteiger partial charge in [0.2, 0.25) is 5.91 Å². The Labute approximate surface area is 143 Å². The summed E-state index contributed by atoms with van der Waals surface area (Å²) in [7, 11) is 1.57. The minimum absolute atomic E-state index is 0.0530. The smallest absolute Gasteiger partial charge is 0.241 e. The second-order valence-electron chi connectivity index (χ2n) is 6.55. The Morgan fingerprint density at radius 2 is 2.04 bits per heavy atom. The molecule has 4 nitrogen and oxygen atoms in total. The number of methoxy groups -OCH3 is 1. The Bertz CT molecular complexity index is 562. The van der Waals surface area contributed by atoms with E-state index in [2.05, 4.69) is 17.6 Å². The molecule has 2 rings (SSSR count). The average Bonchev–Trinajstić information content (AvgIpc) is 2.52. The highest BCUT2D eigenvalue weighted by atomic mass is 35.5. The van der Waals surface area contributed by atoms with Crippen molar-refractivity contribution in [2.45, 2.75) is 58.5 Å². The van der Waals surface area contributed by atoms with Gasteiger partial charge in [0.05, 0.1) is 18.8 Å². The van der Waals surface area contributed by atoms with Gasteiger partial charge in [-0.2, -0.15) is 0 Å². The summed E-state index contributed by atoms with van der Waals surface area (Å²) >= 11 is 6.10. The number of hydrogen-bond acceptors (Lipinski definition) is 3. The zero-order valence-electron chi connectivity index (χ0n) is 14.4. The molecule has 1 fully saturated rings. The Kier molecular flexibility index (Phi) is 6.31. The van der Waals surface area contributed by atoms with Crippen LogP contribution in [0.1, 0.15) is 45.1 Å². The van der Waals surface area contributed by atoms with Crippen LogP contribution in [0, 0.1) is 12.8 Å². The van der Waals surface area contributed by atoms with Gasteiger partial charge in [-0.25, -0.2) is 0 Å². The Morgan fingerprint density at radius 3 is 2.70 bits per heavy atom. The maximum absolute atomic E-state index is 12.5. The van der Waals surface area contributed by atoms with Gasteiger partial charge >= 0.3 is 0 Å². The van der Waals surface area contributed by atoms with Gasteiger partial charge in [-0.3, -0.25) is 4.79 Å². The number of carbonyl (C=O) groups excluding carboxylic acids is 1. The number of amides is 1. The molecular formula is C18H27ClN2O2. The largest absolute Gasteiger partial charge is 0.495 e. The second kappa shape index (κ2) is 8.02. The topological polar surface area (TPSA) is 50.4 Å². The van der Waals surface area contributed by atoms with Crippen molar-refractivity contribution in [2.75, 3.05) is 12.4 Å². The van der Waals surface area contributed by atoms with Gasteiger partial charge < -0.3 is 15.4 Å². The van der Waals surface area contributed by atoms with Crippen LogP contribution in [0.25, 0.3) is 0 Å². The van der Waals surface area contributed by atoms with Crippen LogP contribution in [-0.2, 0) is 4.79 Å². The summed E-state index contributed by atoms with van der Waals surface area (Å²) in [6.07, 6.45) is 4.90. The van der Waals surface area contributed by atoms with E-state index in [0.717, 1.165) is 12.0 Å². The van der Waals surface area contributed by atoms with Crippen LogP contribution in [0.2, 0.25) is 5.02 Å². The monoisotopic (exact) mass is 338 g/mol. The zero-order chi connectivity index (χ0) is 17.0. The minimum Gasteiger partial charge on any atom is -0.495 e. The van der Waals surface area contributed by atoms with Crippen molar-refractivity contribution in [3.05, 3.63) is 22.7 Å². The first-order valence-corrected chi connectivity index (χ1v) is 8.71. The van der Waals surface area contributed by atoms with Crippen molar-refractivity contribution in [1.29, 1.82) is 0 Å². The van der Waals surface area contributed by atoms with Crippen LogP contribution >= 0.6 is 11.6 Å². The van der Waals surface area contributed by atoms with Crippen LogP contribution in [0.4, 0.5) is 5.69 Å². The number of anilines is 1. The lowest BCUT2D eigenvalue weighted by Crippen LogP contribution is -2.47. The number of halogens is 1. The Hall–Kier alpha value is -1.26. The molecule has 3 atom stereocenters. The molecule has 0 heterocycles. The lowest BCUT2D eigenvalue weighted by atomic mass is 9.85. The van der Waals surface area contributed by atoms with Crippen LogP contribution < -0.4 is 15.4 Å². The number of rotatable bonds is 5. The van der Waals surface area contributed by atoms with Crippen LogP contribution in [-0.4, -0.2) is 25.1 Å². The third-order valence-corrected chi connectivity index (χ3v) is 5.11. The second-order valence-corrected chi connectivity index (χ2v) is 6.95. The first-order chi connectivity index (χ1) is 10.9. The number of hydrogen-bond donors (Lipinski definition) is 2. The summed E-state index contributed by atoms with van der Waals surface area (Å²) in [6, 6.07) is 3.74. The quantitative estimate of drug-likeness (QED) is 0.847. The number of benzene rings is 1. The molecule has 2 N–H and O–H groups in total. The highest BCUT2D eigenvalue weighted by molar-refractivity contribution is 6.31. The van der Waals surface area contributed by atoms with E-state index in [4.69, 9.17) is 16.3 Å². The summed E-state index contributed by atoms with van der Waals surface area (Å²) in [4.78, 5) is 12.5. The molecule has 1 aliphatic carbocycles. The molecule has 1 saturated carbocycles. The molecule has 0 bridgehead atoms. The van der Waals surface area contributed by atoms with Crippen LogP contribution in [0.15, 0.2) is 12.1 Å². The molecule has 5 heteroatoms. The standard InChI is InChI=1S/C18H27ClN2O2/c1-11-7-5-6-8-15(11)20-13(3)18(22)21-16-9-12(2)14(19)10-17(16)23-4/h9-11,13,15,20H,5-8H2,1-4H3,(H,21,22). The molecule has 3 unspecified atom stereocenters. The molecule has 128 valence electrons. The predicted molar refractivity (Wildman–Crippen MR) is 95.4 cm³/mol. The summed E-state index contributed by atoms with van der Waals surface area (Å²) in [5.74, 6) is 1.14. The van der Waals surface area contributed by atoms with Gasteiger partial charge in [-0.05, 0) is 44.2 Å². The van der Waals surface area contributed by atoms with Crippen molar-refractivity contribution in [1.82, 2.24) is 5.32 Å². The summed E-state index contributed by atoms with van der Waals surface area (Å²) < 4.78 is 5.31. The number of ether oxygens (including phenoxy) is 1. The Balaban J connectivity index is 2.02. The van der Waals surface area contributed by atoms with Gasteiger partial charge in [-0.15, -0.1) is 0 Å². The normalized spacial score (nSPS) is 22.5. The average molecular weight is 339 g/mol. The van der Waals surface area contributed by atoms with Crippen LogP contribution in [0.3, 0.4) is 0 Å². The summed E-state index contributed by atoms with van der Waals surface area (Å²) in [6.45, 7) is 6.07. The predicted octanol–water partition coefficient (Wildman–Crippen LogP) is 4.15. The first kappa shape index (κ1) is 18.1. The number of carbonyl (C=O) groups is 1. The molecule has 0 aliphatic heterocycles. The molecule has 0 saturated heterocycles. The third kappa shape index (κ3) is 4.61. The molecule has 0 aromatic heterocycles. The fourth-order valence-electron chi connectivity index (χ4n) is 3.13. The van der Waals surface area contributed by atoms with E-state index >= 15 is 0 Å². The highest BCUT2D eigenvalue weighted by Crippen LogP contribution is 2.31. The molecular weight excluding hydrogens is 312 g/mol. The van der Waals surface area contributed by atoms with Crippen molar-refractivity contribution in [3.63, 3.8) is 0 Å². The summed E-state index contributed by atoms with van der Waals surface area (Å²) in [5.41, 5.74) is 1.56. The van der Waals surface area contributed by atoms with Gasteiger partial charge in [-0.1, -0.05) is 31.4 Å². The van der Waals surface area contributed by atoms with E-state index < -0.39 is 0 Å². The lowest BCUT2D eigenvalue weighted by molar-refractivity contribution is -0.118. The maximum atomic E-state index is 12.5. The fraction of sp³-hybridized carbons (Fsp3) is 0.611. The van der Waals surface area contributed by atoms with E-state index in [1.165, 1.54) is 19.3 Å². The zero-order valence-corrected chi connectivity index (χ0v) is 15.2. The van der Waals surface area contributed by atoms with Gasteiger partial charge in [0.25, 0.3) is 0 Å². The van der Waals surface area contributed by atoms with Gasteiger partial charge in [0.15, 0.2) is 0 Å². The molecule has 1 aromatic carbocycles. The van der Waals surface area contributed by atoms with E-state index in [1.54, 1.807) is 13.2 Å². The van der Waals surface area contributed by atoms with Crippen molar-refractivity contribution in [3.8, 4) is 5.75 Å². The van der Waals surface area contributed by atoms with Gasteiger partial charge in [0, 0.05) is 17.1 Å². The van der Waals surface area contributed by atoms with Crippen LogP contribution in [0.5, 0.6) is 5.75 Å². The van der Waals surface area contributed by atoms with E-state index in [-0.39, 0.29) is 11.9 Å². The SMILES string of the molecule is COc1cc(Cl)c(C)cc1NC(=O)C(C)NC1CCCCC1C. The maximum Gasteiger partial charge on any atom is 0.241 e. The van der Waals surface area contributed by atoms with E-state index in [1.807, 2.05) is 19.9 Å². The fourth-order valence-corrected chi connectivity index (χ4v) is 3.29.